The zero-order valence-electron chi connectivity index (χ0n) is 9.75. The number of hydrogen-bond acceptors (Lipinski definition) is 5. The summed E-state index contributed by atoms with van der Waals surface area (Å²) in [6.45, 7) is -0.170. The molecule has 0 bridgehead atoms. The van der Waals surface area contributed by atoms with Gasteiger partial charge in [0.05, 0.1) is 13.3 Å². The molecule has 7 heteroatoms. The summed E-state index contributed by atoms with van der Waals surface area (Å²) in [7, 11) is 1.28. The minimum Gasteiger partial charge on any atom is -0.482 e. The van der Waals surface area contributed by atoms with Crippen LogP contribution in [0.3, 0.4) is 0 Å². The highest BCUT2D eigenvalue weighted by atomic mass is 16.6. The molecule has 0 radical (unpaired) electrons. The Bertz CT molecular complexity index is 459. The number of primary amides is 1. The summed E-state index contributed by atoms with van der Waals surface area (Å²) in [6.07, 6.45) is 1.40. The molecule has 2 amide bonds. The third kappa shape index (κ3) is 4.97. The van der Waals surface area contributed by atoms with E-state index < -0.39 is 12.0 Å². The van der Waals surface area contributed by atoms with Crippen LogP contribution in [-0.2, 0) is 9.53 Å². The third-order valence-electron chi connectivity index (χ3n) is 1.83. The number of carbonyl (C=O) groups is 2. The van der Waals surface area contributed by atoms with Gasteiger partial charge in [0.25, 0.3) is 0 Å². The molecular weight excluding hydrogens is 238 g/mol. The van der Waals surface area contributed by atoms with Crippen molar-refractivity contribution in [1.29, 1.82) is 0 Å². The molecule has 18 heavy (non-hydrogen) atoms. The number of esters is 1. The molecule has 96 valence electrons. The average molecular weight is 251 g/mol. The molecule has 0 saturated heterocycles. The van der Waals surface area contributed by atoms with E-state index in [0.29, 0.717) is 11.3 Å². The topological polar surface area (TPSA) is 103 Å². The van der Waals surface area contributed by atoms with Gasteiger partial charge in [0.1, 0.15) is 5.75 Å². The molecule has 1 rings (SSSR count). The first-order chi connectivity index (χ1) is 8.61. The first kappa shape index (κ1) is 13.5. The number of rotatable bonds is 5. The van der Waals surface area contributed by atoms with Gasteiger partial charge in [0.15, 0.2) is 6.61 Å². The van der Waals surface area contributed by atoms with Crippen LogP contribution in [0.2, 0.25) is 0 Å². The minimum atomic E-state index is -0.746. The fourth-order valence-corrected chi connectivity index (χ4v) is 1.06. The van der Waals surface area contributed by atoms with E-state index in [1.807, 2.05) is 0 Å². The van der Waals surface area contributed by atoms with Crippen LogP contribution in [0, 0.1) is 0 Å². The number of ether oxygens (including phenoxy) is 2. The van der Waals surface area contributed by atoms with E-state index in [9.17, 15) is 9.59 Å². The molecule has 0 atom stereocenters. The number of carbonyl (C=O) groups excluding carboxylic acids is 2. The Morgan fingerprint density at radius 1 is 1.50 bits per heavy atom. The van der Waals surface area contributed by atoms with Crippen molar-refractivity contribution < 1.29 is 19.1 Å². The van der Waals surface area contributed by atoms with Gasteiger partial charge in [-0.2, -0.15) is 5.10 Å². The van der Waals surface area contributed by atoms with Gasteiger partial charge < -0.3 is 15.2 Å². The fraction of sp³-hybridized carbons (Fsp3) is 0.182. The Kier molecular flexibility index (Phi) is 5.17. The van der Waals surface area contributed by atoms with Gasteiger partial charge in [-0.3, -0.25) is 0 Å². The van der Waals surface area contributed by atoms with Crippen molar-refractivity contribution in [3.8, 4) is 5.75 Å². The average Bonchev–Trinajstić information content (AvgIpc) is 2.36. The molecule has 0 aliphatic heterocycles. The van der Waals surface area contributed by atoms with Gasteiger partial charge in [-0.1, -0.05) is 12.1 Å². The summed E-state index contributed by atoms with van der Waals surface area (Å²) in [5.74, 6) is 0.0212. The molecule has 0 aromatic heterocycles. The lowest BCUT2D eigenvalue weighted by Gasteiger charge is -2.04. The van der Waals surface area contributed by atoms with E-state index in [0.717, 1.165) is 0 Å². The Morgan fingerprint density at radius 3 is 2.94 bits per heavy atom. The zero-order chi connectivity index (χ0) is 13.4. The standard InChI is InChI=1S/C11H13N3O4/c1-17-10(15)7-18-9-4-2-3-8(5-9)6-13-14-11(12)16/h2-6H,7H2,1H3,(H3,12,14,16)/b13-6-. The fourth-order valence-electron chi connectivity index (χ4n) is 1.06. The van der Waals surface area contributed by atoms with Gasteiger partial charge in [-0.15, -0.1) is 0 Å². The smallest absolute Gasteiger partial charge is 0.343 e. The van der Waals surface area contributed by atoms with Crippen molar-refractivity contribution in [1.82, 2.24) is 5.43 Å². The van der Waals surface area contributed by atoms with E-state index in [4.69, 9.17) is 10.5 Å². The molecule has 1 aromatic carbocycles. The van der Waals surface area contributed by atoms with E-state index in [1.165, 1.54) is 13.3 Å². The molecule has 1 aromatic rings. The molecule has 0 saturated carbocycles. The number of benzene rings is 1. The molecule has 0 aliphatic carbocycles. The number of nitrogens with zero attached hydrogens (tertiary/aromatic N) is 1. The largest absolute Gasteiger partial charge is 0.482 e. The maximum absolute atomic E-state index is 10.9. The van der Waals surface area contributed by atoms with Crippen molar-refractivity contribution >= 4 is 18.2 Å². The first-order valence-corrected chi connectivity index (χ1v) is 5.00. The molecule has 7 nitrogen and oxygen atoms in total. The number of hydrogen-bond donors (Lipinski definition) is 2. The van der Waals surface area contributed by atoms with Crippen LogP contribution in [0.5, 0.6) is 5.75 Å². The van der Waals surface area contributed by atoms with Crippen molar-refractivity contribution in [2.75, 3.05) is 13.7 Å². The van der Waals surface area contributed by atoms with Gasteiger partial charge in [-0.25, -0.2) is 15.0 Å². The Hall–Kier alpha value is -2.57. The van der Waals surface area contributed by atoms with Crippen molar-refractivity contribution in [2.24, 2.45) is 10.8 Å². The molecular formula is C11H13N3O4. The van der Waals surface area contributed by atoms with Crippen LogP contribution < -0.4 is 15.9 Å². The minimum absolute atomic E-state index is 0.170. The number of urea groups is 1. The number of nitrogens with two attached hydrogens (primary N) is 1. The van der Waals surface area contributed by atoms with Crippen LogP contribution in [-0.4, -0.2) is 31.9 Å². The summed E-state index contributed by atoms with van der Waals surface area (Å²) in [6, 6.07) is 6.05. The van der Waals surface area contributed by atoms with Crippen molar-refractivity contribution in [3.05, 3.63) is 29.8 Å². The number of methoxy groups -OCH3 is 1. The summed E-state index contributed by atoms with van der Waals surface area (Å²) >= 11 is 0. The third-order valence-corrected chi connectivity index (χ3v) is 1.83. The summed E-state index contributed by atoms with van der Waals surface area (Å²) in [5, 5.41) is 3.60. The second kappa shape index (κ2) is 6.89. The van der Waals surface area contributed by atoms with Crippen molar-refractivity contribution in [3.63, 3.8) is 0 Å². The maximum Gasteiger partial charge on any atom is 0.343 e. The number of nitrogens with one attached hydrogen (secondary N) is 1. The van der Waals surface area contributed by atoms with Crippen LogP contribution in [0.15, 0.2) is 29.4 Å². The molecule has 3 N–H and O–H groups in total. The van der Waals surface area contributed by atoms with E-state index in [-0.39, 0.29) is 6.61 Å². The summed E-state index contributed by atoms with van der Waals surface area (Å²) < 4.78 is 9.62. The van der Waals surface area contributed by atoms with E-state index in [2.05, 4.69) is 15.3 Å². The lowest BCUT2D eigenvalue weighted by atomic mass is 10.2. The van der Waals surface area contributed by atoms with E-state index >= 15 is 0 Å². The molecule has 0 heterocycles. The maximum atomic E-state index is 10.9. The van der Waals surface area contributed by atoms with Gasteiger partial charge in [0.2, 0.25) is 0 Å². The van der Waals surface area contributed by atoms with Gasteiger partial charge >= 0.3 is 12.0 Å². The monoisotopic (exact) mass is 251 g/mol. The lowest BCUT2D eigenvalue weighted by Crippen LogP contribution is -2.24. The summed E-state index contributed by atoms with van der Waals surface area (Å²) in [5.41, 5.74) is 7.60. The summed E-state index contributed by atoms with van der Waals surface area (Å²) in [4.78, 5) is 21.3. The SMILES string of the molecule is COC(=O)COc1cccc(/C=N\NC(N)=O)c1. The van der Waals surface area contributed by atoms with Crippen LogP contribution in [0.1, 0.15) is 5.56 Å². The van der Waals surface area contributed by atoms with E-state index in [1.54, 1.807) is 24.3 Å². The first-order valence-electron chi connectivity index (χ1n) is 5.00. The highest BCUT2D eigenvalue weighted by molar-refractivity contribution is 5.82. The van der Waals surface area contributed by atoms with Crippen LogP contribution >= 0.6 is 0 Å². The molecule has 0 aliphatic rings. The van der Waals surface area contributed by atoms with Crippen LogP contribution in [0.4, 0.5) is 4.79 Å². The quantitative estimate of drug-likeness (QED) is 0.444. The Labute approximate surface area is 104 Å². The van der Waals surface area contributed by atoms with Crippen LogP contribution in [0.25, 0.3) is 0 Å². The Balaban J connectivity index is 2.59. The number of hydrazone groups is 1. The lowest BCUT2D eigenvalue weighted by molar-refractivity contribution is -0.142. The zero-order valence-corrected chi connectivity index (χ0v) is 9.75. The Morgan fingerprint density at radius 2 is 2.28 bits per heavy atom. The van der Waals surface area contributed by atoms with Crippen molar-refractivity contribution in [2.45, 2.75) is 0 Å². The predicted molar refractivity (Wildman–Crippen MR) is 64.3 cm³/mol. The van der Waals surface area contributed by atoms with Gasteiger partial charge in [-0.05, 0) is 17.7 Å². The predicted octanol–water partition coefficient (Wildman–Crippen LogP) is 0.241. The second-order valence-corrected chi connectivity index (χ2v) is 3.17. The number of amides is 2. The second-order valence-electron chi connectivity index (χ2n) is 3.17. The molecule has 0 spiro atoms. The highest BCUT2D eigenvalue weighted by Gasteiger charge is 2.01. The van der Waals surface area contributed by atoms with Gasteiger partial charge in [0, 0.05) is 0 Å². The normalized spacial score (nSPS) is 10.1. The highest BCUT2D eigenvalue weighted by Crippen LogP contribution is 2.11. The molecule has 0 fully saturated rings. The molecule has 0 unspecified atom stereocenters.